The summed E-state index contributed by atoms with van der Waals surface area (Å²) in [5.74, 6) is -0.682. The monoisotopic (exact) mass is 283 g/mol. The van der Waals surface area contributed by atoms with Crippen LogP contribution in [0, 0.1) is 17.1 Å². The summed E-state index contributed by atoms with van der Waals surface area (Å²) in [6.07, 6.45) is 0. The number of rotatable bonds is 2. The zero-order valence-corrected chi connectivity index (χ0v) is 10.2. The van der Waals surface area contributed by atoms with Gasteiger partial charge in [0.05, 0.1) is 11.6 Å². The molecule has 1 aromatic heterocycles. The van der Waals surface area contributed by atoms with E-state index in [1.54, 1.807) is 0 Å². The summed E-state index contributed by atoms with van der Waals surface area (Å²) in [5.41, 5.74) is 0.192. The van der Waals surface area contributed by atoms with Gasteiger partial charge in [-0.15, -0.1) is 10.2 Å². The van der Waals surface area contributed by atoms with Gasteiger partial charge in [-0.3, -0.25) is 0 Å². The van der Waals surface area contributed by atoms with E-state index in [4.69, 9.17) is 33.2 Å². The topological polar surface area (TPSA) is 58.8 Å². The van der Waals surface area contributed by atoms with Crippen molar-refractivity contribution < 1.29 is 9.13 Å². The normalized spacial score (nSPS) is 9.89. The van der Waals surface area contributed by atoms with E-state index in [0.29, 0.717) is 0 Å². The minimum Gasteiger partial charge on any atom is -0.451 e. The van der Waals surface area contributed by atoms with E-state index in [2.05, 4.69) is 10.2 Å². The number of ether oxygens (including phenoxy) is 1. The van der Waals surface area contributed by atoms with Gasteiger partial charge in [-0.1, -0.05) is 23.2 Å². The summed E-state index contributed by atoms with van der Waals surface area (Å²) in [6, 6.07) is 6.92. The Labute approximate surface area is 112 Å². The molecule has 0 bridgehead atoms. The summed E-state index contributed by atoms with van der Waals surface area (Å²) in [5, 5.41) is 15.7. The average molecular weight is 284 g/mol. The van der Waals surface area contributed by atoms with Gasteiger partial charge in [0.25, 0.3) is 0 Å². The highest BCUT2D eigenvalue weighted by atomic mass is 35.5. The predicted molar refractivity (Wildman–Crippen MR) is 63.2 cm³/mol. The third-order valence-electron chi connectivity index (χ3n) is 1.97. The second kappa shape index (κ2) is 5.17. The van der Waals surface area contributed by atoms with E-state index in [0.717, 1.165) is 6.07 Å². The SMILES string of the molecule is N#Cc1ccc(Oc2cc(Cl)nnc2Cl)c(F)c1. The number of nitrogens with zero attached hydrogens (tertiary/aromatic N) is 3. The number of hydrogen-bond acceptors (Lipinski definition) is 4. The predicted octanol–water partition coefficient (Wildman–Crippen LogP) is 3.59. The van der Waals surface area contributed by atoms with Gasteiger partial charge in [0, 0.05) is 6.07 Å². The van der Waals surface area contributed by atoms with Crippen LogP contribution in [0.25, 0.3) is 0 Å². The maximum atomic E-state index is 13.6. The molecule has 0 aliphatic heterocycles. The Kier molecular flexibility index (Phi) is 3.60. The van der Waals surface area contributed by atoms with E-state index < -0.39 is 5.82 Å². The van der Waals surface area contributed by atoms with Crippen LogP contribution in [0.2, 0.25) is 10.3 Å². The number of aromatic nitrogens is 2. The molecule has 0 aliphatic rings. The Morgan fingerprint density at radius 1 is 1.17 bits per heavy atom. The van der Waals surface area contributed by atoms with Gasteiger partial charge in [0.15, 0.2) is 27.6 Å². The maximum Gasteiger partial charge on any atom is 0.194 e. The van der Waals surface area contributed by atoms with Crippen LogP contribution in [0.4, 0.5) is 4.39 Å². The molecule has 0 unspecified atom stereocenters. The number of hydrogen-bond donors (Lipinski definition) is 0. The molecule has 1 aromatic carbocycles. The van der Waals surface area contributed by atoms with Crippen molar-refractivity contribution in [2.75, 3.05) is 0 Å². The molecule has 18 heavy (non-hydrogen) atoms. The second-order valence-electron chi connectivity index (χ2n) is 3.18. The molecule has 2 aromatic rings. The summed E-state index contributed by atoms with van der Waals surface area (Å²) in [7, 11) is 0. The van der Waals surface area contributed by atoms with Gasteiger partial charge in [0.1, 0.15) is 0 Å². The summed E-state index contributed by atoms with van der Waals surface area (Å²) in [6.45, 7) is 0. The molecule has 0 fully saturated rings. The lowest BCUT2D eigenvalue weighted by Crippen LogP contribution is -1.93. The van der Waals surface area contributed by atoms with Crippen LogP contribution < -0.4 is 4.74 Å². The zero-order chi connectivity index (χ0) is 13.1. The Morgan fingerprint density at radius 3 is 2.61 bits per heavy atom. The molecule has 0 amide bonds. The molecule has 0 aliphatic carbocycles. The molecule has 0 saturated heterocycles. The van der Waals surface area contributed by atoms with Gasteiger partial charge in [-0.25, -0.2) is 4.39 Å². The van der Waals surface area contributed by atoms with Crippen molar-refractivity contribution in [3.63, 3.8) is 0 Å². The van der Waals surface area contributed by atoms with Crippen LogP contribution >= 0.6 is 23.2 Å². The highest BCUT2D eigenvalue weighted by molar-refractivity contribution is 6.32. The molecule has 0 spiro atoms. The molecule has 90 valence electrons. The van der Waals surface area contributed by atoms with Crippen molar-refractivity contribution in [1.82, 2.24) is 10.2 Å². The summed E-state index contributed by atoms with van der Waals surface area (Å²) < 4.78 is 18.8. The van der Waals surface area contributed by atoms with Crippen molar-refractivity contribution in [2.24, 2.45) is 0 Å². The highest BCUT2D eigenvalue weighted by Crippen LogP contribution is 2.30. The van der Waals surface area contributed by atoms with Crippen molar-refractivity contribution >= 4 is 23.2 Å². The first-order valence-electron chi connectivity index (χ1n) is 4.66. The molecule has 1 heterocycles. The van der Waals surface area contributed by atoms with Gasteiger partial charge in [0.2, 0.25) is 0 Å². The largest absolute Gasteiger partial charge is 0.451 e. The van der Waals surface area contributed by atoms with Gasteiger partial charge >= 0.3 is 0 Å². The lowest BCUT2D eigenvalue weighted by molar-refractivity contribution is 0.439. The molecule has 0 N–H and O–H groups in total. The van der Waals surface area contributed by atoms with Crippen molar-refractivity contribution in [3.05, 3.63) is 46.0 Å². The third-order valence-corrected chi connectivity index (χ3v) is 2.41. The highest BCUT2D eigenvalue weighted by Gasteiger charge is 2.10. The Balaban J connectivity index is 2.34. The molecule has 4 nitrogen and oxygen atoms in total. The van der Waals surface area contributed by atoms with Gasteiger partial charge < -0.3 is 4.74 Å². The quantitative estimate of drug-likeness (QED) is 0.845. The first kappa shape index (κ1) is 12.6. The number of benzene rings is 1. The van der Waals surface area contributed by atoms with E-state index >= 15 is 0 Å². The third kappa shape index (κ3) is 2.67. The first-order valence-corrected chi connectivity index (χ1v) is 5.42. The van der Waals surface area contributed by atoms with Crippen LogP contribution in [0.1, 0.15) is 5.56 Å². The number of halogens is 3. The smallest absolute Gasteiger partial charge is 0.194 e. The number of nitriles is 1. The van der Waals surface area contributed by atoms with Crippen LogP contribution in [0.5, 0.6) is 11.5 Å². The molecule has 7 heteroatoms. The lowest BCUT2D eigenvalue weighted by atomic mass is 10.2. The van der Waals surface area contributed by atoms with Crippen LogP contribution in [-0.4, -0.2) is 10.2 Å². The van der Waals surface area contributed by atoms with Crippen molar-refractivity contribution in [1.29, 1.82) is 5.26 Å². The van der Waals surface area contributed by atoms with Gasteiger partial charge in [-0.05, 0) is 18.2 Å². The molecule has 2 rings (SSSR count). The second-order valence-corrected chi connectivity index (χ2v) is 3.93. The molecular formula is C11H4Cl2FN3O. The Hall–Kier alpha value is -1.90. The molecule has 0 atom stereocenters. The fraction of sp³-hybridized carbons (Fsp3) is 0. The molecule has 0 saturated carbocycles. The average Bonchev–Trinajstić information content (AvgIpc) is 2.36. The van der Waals surface area contributed by atoms with Gasteiger partial charge in [-0.2, -0.15) is 5.26 Å². The summed E-state index contributed by atoms with van der Waals surface area (Å²) in [4.78, 5) is 0. The standard InChI is InChI=1S/C11H4Cl2FN3O/c12-10-4-9(11(13)17-16-10)18-8-2-1-6(5-15)3-7(8)14/h1-4H. The van der Waals surface area contributed by atoms with E-state index in [9.17, 15) is 4.39 Å². The van der Waals surface area contributed by atoms with Crippen LogP contribution in [-0.2, 0) is 0 Å². The van der Waals surface area contributed by atoms with Crippen LogP contribution in [0.15, 0.2) is 24.3 Å². The zero-order valence-electron chi connectivity index (χ0n) is 8.69. The van der Waals surface area contributed by atoms with Crippen molar-refractivity contribution in [2.45, 2.75) is 0 Å². The first-order chi connectivity index (χ1) is 8.60. The molecule has 0 radical (unpaired) electrons. The van der Waals surface area contributed by atoms with Crippen molar-refractivity contribution in [3.8, 4) is 17.6 Å². The van der Waals surface area contributed by atoms with E-state index in [1.165, 1.54) is 18.2 Å². The van der Waals surface area contributed by atoms with Crippen LogP contribution in [0.3, 0.4) is 0 Å². The Bertz CT molecular complexity index is 643. The minimum absolute atomic E-state index is 0.0387. The minimum atomic E-state index is -0.682. The Morgan fingerprint density at radius 2 is 1.94 bits per heavy atom. The van der Waals surface area contributed by atoms with E-state index in [-0.39, 0.29) is 27.4 Å². The molecular weight excluding hydrogens is 280 g/mol. The fourth-order valence-electron chi connectivity index (χ4n) is 1.18. The lowest BCUT2D eigenvalue weighted by Gasteiger charge is -2.07. The summed E-state index contributed by atoms with van der Waals surface area (Å²) >= 11 is 11.3. The fourth-order valence-corrected chi connectivity index (χ4v) is 1.45. The van der Waals surface area contributed by atoms with E-state index in [1.807, 2.05) is 6.07 Å². The maximum absolute atomic E-state index is 13.6.